The van der Waals surface area contributed by atoms with Gasteiger partial charge in [-0.15, -0.1) is 0 Å². The van der Waals surface area contributed by atoms with E-state index in [1.165, 1.54) is 0 Å². The number of carbonyl (C=O) groups is 1. The van der Waals surface area contributed by atoms with Crippen LogP contribution in [0.2, 0.25) is 5.02 Å². The van der Waals surface area contributed by atoms with Gasteiger partial charge in [0.15, 0.2) is 0 Å². The number of hydrogen-bond donors (Lipinski definition) is 1. The molecule has 21 heavy (non-hydrogen) atoms. The van der Waals surface area contributed by atoms with Crippen molar-refractivity contribution < 1.29 is 13.6 Å². The van der Waals surface area contributed by atoms with E-state index in [0.717, 1.165) is 38.1 Å². The van der Waals surface area contributed by atoms with E-state index >= 15 is 0 Å². The Balaban J connectivity index is 2.14. The molecule has 1 amide bonds. The molecule has 2 rings (SSSR count). The van der Waals surface area contributed by atoms with E-state index in [-0.39, 0.29) is 10.6 Å². The van der Waals surface area contributed by atoms with Gasteiger partial charge in [-0.25, -0.2) is 8.78 Å². The maximum absolute atomic E-state index is 13.8. The maximum atomic E-state index is 13.8. The monoisotopic (exact) mass is 316 g/mol. The summed E-state index contributed by atoms with van der Waals surface area (Å²) in [6.45, 7) is 4.73. The Morgan fingerprint density at radius 3 is 2.62 bits per heavy atom. The minimum Gasteiger partial charge on any atom is -0.339 e. The van der Waals surface area contributed by atoms with E-state index in [1.54, 1.807) is 4.90 Å². The quantitative estimate of drug-likeness (QED) is 0.866. The number of hydrogen-bond acceptors (Lipinski definition) is 2. The van der Waals surface area contributed by atoms with E-state index in [0.29, 0.717) is 19.0 Å². The molecule has 1 saturated heterocycles. The number of rotatable bonds is 4. The molecule has 0 aromatic heterocycles. The first-order valence-corrected chi connectivity index (χ1v) is 7.55. The Labute approximate surface area is 128 Å². The van der Waals surface area contributed by atoms with Gasteiger partial charge in [0.05, 0.1) is 10.6 Å². The second-order valence-corrected chi connectivity index (χ2v) is 5.69. The fraction of sp³-hybridized carbons (Fsp3) is 0.533. The first-order valence-electron chi connectivity index (χ1n) is 7.17. The summed E-state index contributed by atoms with van der Waals surface area (Å²) in [5.41, 5.74) is -0.257. The van der Waals surface area contributed by atoms with Crippen LogP contribution in [0.5, 0.6) is 0 Å². The molecule has 0 spiro atoms. The molecule has 1 aliphatic heterocycles. The van der Waals surface area contributed by atoms with Gasteiger partial charge in [0.25, 0.3) is 5.91 Å². The summed E-state index contributed by atoms with van der Waals surface area (Å²) in [5, 5.41) is 2.95. The van der Waals surface area contributed by atoms with Gasteiger partial charge < -0.3 is 10.2 Å². The second-order valence-electron chi connectivity index (χ2n) is 5.28. The second kappa shape index (κ2) is 7.18. The van der Waals surface area contributed by atoms with Gasteiger partial charge in [-0.3, -0.25) is 4.79 Å². The lowest BCUT2D eigenvalue weighted by molar-refractivity contribution is 0.0721. The number of carbonyl (C=O) groups excluding carboxylic acids is 1. The highest BCUT2D eigenvalue weighted by molar-refractivity contribution is 6.30. The molecule has 6 heteroatoms. The van der Waals surface area contributed by atoms with Crippen LogP contribution in [-0.4, -0.2) is 37.0 Å². The predicted molar refractivity (Wildman–Crippen MR) is 78.5 cm³/mol. The third-order valence-electron chi connectivity index (χ3n) is 3.85. The summed E-state index contributed by atoms with van der Waals surface area (Å²) >= 11 is 5.51. The van der Waals surface area contributed by atoms with Crippen molar-refractivity contribution in [3.8, 4) is 0 Å². The third kappa shape index (κ3) is 3.92. The molecule has 0 atom stereocenters. The summed E-state index contributed by atoms with van der Waals surface area (Å²) < 4.78 is 27.3. The lowest BCUT2D eigenvalue weighted by Crippen LogP contribution is -2.39. The van der Waals surface area contributed by atoms with Gasteiger partial charge in [-0.05, 0) is 50.9 Å². The molecule has 1 aliphatic rings. The van der Waals surface area contributed by atoms with Crippen molar-refractivity contribution in [2.75, 3.05) is 26.2 Å². The van der Waals surface area contributed by atoms with Crippen molar-refractivity contribution in [3.63, 3.8) is 0 Å². The number of nitrogens with one attached hydrogen (secondary N) is 1. The number of amides is 1. The van der Waals surface area contributed by atoms with E-state index in [2.05, 4.69) is 5.32 Å². The molecule has 0 bridgehead atoms. The van der Waals surface area contributed by atoms with Gasteiger partial charge in [0.2, 0.25) is 0 Å². The number of nitrogens with zero attached hydrogens (tertiary/aromatic N) is 1. The SMILES string of the molecule is CCN(CC1CCNCC1)C(=O)c1cc(F)c(Cl)cc1F. The highest BCUT2D eigenvalue weighted by atomic mass is 35.5. The van der Waals surface area contributed by atoms with Crippen LogP contribution in [0.1, 0.15) is 30.1 Å². The highest BCUT2D eigenvalue weighted by Crippen LogP contribution is 2.22. The summed E-state index contributed by atoms with van der Waals surface area (Å²) in [5.74, 6) is -1.64. The zero-order valence-corrected chi connectivity index (χ0v) is 12.7. The molecule has 116 valence electrons. The topological polar surface area (TPSA) is 32.3 Å². The smallest absolute Gasteiger partial charge is 0.256 e. The average Bonchev–Trinajstić information content (AvgIpc) is 2.49. The first kappa shape index (κ1) is 16.2. The van der Waals surface area contributed by atoms with Crippen molar-refractivity contribution in [1.82, 2.24) is 10.2 Å². The van der Waals surface area contributed by atoms with E-state index in [9.17, 15) is 13.6 Å². The van der Waals surface area contributed by atoms with Gasteiger partial charge in [0.1, 0.15) is 11.6 Å². The lowest BCUT2D eigenvalue weighted by atomic mass is 9.97. The van der Waals surface area contributed by atoms with Crippen LogP contribution in [-0.2, 0) is 0 Å². The van der Waals surface area contributed by atoms with Crippen LogP contribution in [0, 0.1) is 17.6 Å². The molecule has 1 heterocycles. The molecule has 0 radical (unpaired) electrons. The molecule has 1 aromatic carbocycles. The van der Waals surface area contributed by atoms with Gasteiger partial charge in [0, 0.05) is 13.1 Å². The van der Waals surface area contributed by atoms with Gasteiger partial charge in [-0.2, -0.15) is 0 Å². The number of benzene rings is 1. The molecule has 1 N–H and O–H groups in total. The van der Waals surface area contributed by atoms with Crippen molar-refractivity contribution >= 4 is 17.5 Å². The minimum atomic E-state index is -0.782. The molecule has 3 nitrogen and oxygen atoms in total. The van der Waals surface area contributed by atoms with Crippen LogP contribution in [0.3, 0.4) is 0 Å². The zero-order chi connectivity index (χ0) is 15.4. The maximum Gasteiger partial charge on any atom is 0.256 e. The third-order valence-corrected chi connectivity index (χ3v) is 4.14. The molecule has 0 saturated carbocycles. The normalized spacial score (nSPS) is 16.0. The van der Waals surface area contributed by atoms with E-state index in [1.807, 2.05) is 6.92 Å². The predicted octanol–water partition coefficient (Wildman–Crippen LogP) is 3.08. The number of halogens is 3. The lowest BCUT2D eigenvalue weighted by Gasteiger charge is -2.29. The van der Waals surface area contributed by atoms with E-state index < -0.39 is 17.5 Å². The Hall–Kier alpha value is -1.20. The highest BCUT2D eigenvalue weighted by Gasteiger charge is 2.23. The summed E-state index contributed by atoms with van der Waals surface area (Å²) in [7, 11) is 0. The summed E-state index contributed by atoms with van der Waals surface area (Å²) in [4.78, 5) is 14.0. The fourth-order valence-corrected chi connectivity index (χ4v) is 2.74. The van der Waals surface area contributed by atoms with Crippen LogP contribution in [0.4, 0.5) is 8.78 Å². The summed E-state index contributed by atoms with van der Waals surface area (Å²) in [6, 6.07) is 1.73. The standard InChI is InChI=1S/C15H19ClF2N2O/c1-2-20(9-10-3-5-19-6-4-10)15(21)11-7-14(18)12(16)8-13(11)17/h7-8,10,19H,2-6,9H2,1H3. The van der Waals surface area contributed by atoms with Crippen LogP contribution in [0.25, 0.3) is 0 Å². The Morgan fingerprint density at radius 2 is 2.00 bits per heavy atom. The molecule has 0 unspecified atom stereocenters. The molecular formula is C15H19ClF2N2O. The molecular weight excluding hydrogens is 298 g/mol. The average molecular weight is 317 g/mol. The zero-order valence-electron chi connectivity index (χ0n) is 12.0. The molecule has 1 fully saturated rings. The van der Waals surface area contributed by atoms with Gasteiger partial charge >= 0.3 is 0 Å². The van der Waals surface area contributed by atoms with Crippen LogP contribution >= 0.6 is 11.6 Å². The van der Waals surface area contributed by atoms with Crippen molar-refractivity contribution in [3.05, 3.63) is 34.4 Å². The van der Waals surface area contributed by atoms with Crippen LogP contribution < -0.4 is 5.32 Å². The first-order chi connectivity index (χ1) is 10.0. The minimum absolute atomic E-state index is 0.257. The van der Waals surface area contributed by atoms with E-state index in [4.69, 9.17) is 11.6 Å². The molecule has 1 aromatic rings. The van der Waals surface area contributed by atoms with Crippen molar-refractivity contribution in [1.29, 1.82) is 0 Å². The number of piperidine rings is 1. The summed E-state index contributed by atoms with van der Waals surface area (Å²) in [6.07, 6.45) is 1.97. The van der Waals surface area contributed by atoms with Gasteiger partial charge in [-0.1, -0.05) is 11.6 Å². The van der Waals surface area contributed by atoms with Crippen molar-refractivity contribution in [2.24, 2.45) is 5.92 Å². The Kier molecular flexibility index (Phi) is 5.53. The van der Waals surface area contributed by atoms with Crippen molar-refractivity contribution in [2.45, 2.75) is 19.8 Å². The molecule has 0 aliphatic carbocycles. The Bertz CT molecular complexity index is 519. The largest absolute Gasteiger partial charge is 0.339 e. The van der Waals surface area contributed by atoms with Crippen LogP contribution in [0.15, 0.2) is 12.1 Å². The Morgan fingerprint density at radius 1 is 1.33 bits per heavy atom. The fourth-order valence-electron chi connectivity index (χ4n) is 2.59.